The van der Waals surface area contributed by atoms with Crippen LogP contribution in [0.4, 0.5) is 0 Å². The zero-order chi connectivity index (χ0) is 13.7. The number of rotatable bonds is 5. The molecule has 0 aliphatic carbocycles. The molecule has 0 aliphatic heterocycles. The molecule has 2 rings (SSSR count). The highest BCUT2D eigenvalue weighted by Crippen LogP contribution is 2.14. The van der Waals surface area contributed by atoms with Gasteiger partial charge in [0.1, 0.15) is 6.10 Å². The number of ketones is 1. The first-order valence-electron chi connectivity index (χ1n) is 6.18. The number of aliphatic hydroxyl groups is 1. The van der Waals surface area contributed by atoms with E-state index in [4.69, 9.17) is 11.6 Å². The summed E-state index contributed by atoms with van der Waals surface area (Å²) in [5.74, 6) is -0.279. The first-order valence-corrected chi connectivity index (χ1v) is 6.56. The highest BCUT2D eigenvalue weighted by atomic mass is 35.5. The van der Waals surface area contributed by atoms with Gasteiger partial charge in [0.25, 0.3) is 0 Å². The topological polar surface area (TPSA) is 37.3 Å². The lowest BCUT2D eigenvalue weighted by Crippen LogP contribution is -2.21. The lowest BCUT2D eigenvalue weighted by Gasteiger charge is -2.10. The normalized spacial score (nSPS) is 12.1. The average molecular weight is 275 g/mol. The smallest absolute Gasteiger partial charge is 0.191 e. The predicted molar refractivity (Wildman–Crippen MR) is 76.6 cm³/mol. The molecule has 98 valence electrons. The number of benzene rings is 2. The Morgan fingerprint density at radius 1 is 1.11 bits per heavy atom. The Balaban J connectivity index is 1.96. The van der Waals surface area contributed by atoms with Crippen LogP contribution in [0.5, 0.6) is 0 Å². The Morgan fingerprint density at radius 2 is 1.84 bits per heavy atom. The van der Waals surface area contributed by atoms with Crippen LogP contribution in [-0.4, -0.2) is 17.0 Å². The Bertz CT molecular complexity index is 552. The van der Waals surface area contributed by atoms with Gasteiger partial charge in [0, 0.05) is 10.6 Å². The molecule has 2 nitrogen and oxygen atoms in total. The lowest BCUT2D eigenvalue weighted by molar-refractivity contribution is 0.0731. The van der Waals surface area contributed by atoms with Crippen LogP contribution in [-0.2, 0) is 6.42 Å². The molecule has 3 heteroatoms. The predicted octanol–water partition coefficient (Wildman–Crippen LogP) is 3.52. The molecule has 0 radical (unpaired) electrons. The van der Waals surface area contributed by atoms with E-state index in [2.05, 4.69) is 0 Å². The van der Waals surface area contributed by atoms with Crippen LogP contribution < -0.4 is 0 Å². The zero-order valence-electron chi connectivity index (χ0n) is 10.4. The monoisotopic (exact) mass is 274 g/mol. The summed E-state index contributed by atoms with van der Waals surface area (Å²) in [7, 11) is 0. The Morgan fingerprint density at radius 3 is 2.53 bits per heavy atom. The summed E-state index contributed by atoms with van der Waals surface area (Å²) in [6.45, 7) is 0. The number of aliphatic hydroxyl groups excluding tert-OH is 1. The van der Waals surface area contributed by atoms with E-state index in [9.17, 15) is 9.90 Å². The number of halogens is 1. The molecule has 2 aromatic carbocycles. The molecule has 0 aliphatic rings. The fourth-order valence-electron chi connectivity index (χ4n) is 1.91. The van der Waals surface area contributed by atoms with Crippen LogP contribution in [0.1, 0.15) is 22.3 Å². The number of carbonyl (C=O) groups excluding carboxylic acids is 1. The molecule has 1 atom stereocenters. The highest BCUT2D eigenvalue weighted by Gasteiger charge is 2.17. The molecule has 0 aromatic heterocycles. The first-order chi connectivity index (χ1) is 9.16. The van der Waals surface area contributed by atoms with Crippen molar-refractivity contribution < 1.29 is 9.90 Å². The van der Waals surface area contributed by atoms with E-state index in [1.54, 1.807) is 24.3 Å². The number of aryl methyl sites for hydroxylation is 1. The van der Waals surface area contributed by atoms with Crippen molar-refractivity contribution in [2.24, 2.45) is 0 Å². The van der Waals surface area contributed by atoms with E-state index in [0.717, 1.165) is 5.56 Å². The molecule has 2 aromatic rings. The van der Waals surface area contributed by atoms with Crippen LogP contribution in [0.15, 0.2) is 54.6 Å². The van der Waals surface area contributed by atoms with Gasteiger partial charge >= 0.3 is 0 Å². The number of Topliss-reactive ketones (excluding diaryl/α,β-unsaturated/α-hetero) is 1. The van der Waals surface area contributed by atoms with Gasteiger partial charge in [0.05, 0.1) is 0 Å². The summed E-state index contributed by atoms with van der Waals surface area (Å²) >= 11 is 5.83. The second-order valence-electron chi connectivity index (χ2n) is 4.41. The van der Waals surface area contributed by atoms with Crippen molar-refractivity contribution in [1.82, 2.24) is 0 Å². The van der Waals surface area contributed by atoms with Gasteiger partial charge in [-0.3, -0.25) is 4.79 Å². The van der Waals surface area contributed by atoms with E-state index in [-0.39, 0.29) is 5.78 Å². The zero-order valence-corrected chi connectivity index (χ0v) is 11.2. The molecule has 0 saturated heterocycles. The fraction of sp³-hybridized carbons (Fsp3) is 0.188. The van der Waals surface area contributed by atoms with Gasteiger partial charge in [-0.25, -0.2) is 0 Å². The van der Waals surface area contributed by atoms with Crippen molar-refractivity contribution in [3.8, 4) is 0 Å². The summed E-state index contributed by atoms with van der Waals surface area (Å²) in [4.78, 5) is 12.0. The second kappa shape index (κ2) is 6.50. The van der Waals surface area contributed by atoms with Crippen molar-refractivity contribution >= 4 is 17.4 Å². The molecular formula is C16H15ClO2. The van der Waals surface area contributed by atoms with Crippen LogP contribution >= 0.6 is 11.6 Å². The summed E-state index contributed by atoms with van der Waals surface area (Å²) in [5, 5.41) is 10.4. The number of hydrogen-bond acceptors (Lipinski definition) is 2. The molecule has 0 saturated carbocycles. The van der Waals surface area contributed by atoms with Crippen LogP contribution in [0, 0.1) is 0 Å². The summed E-state index contributed by atoms with van der Waals surface area (Å²) in [5.41, 5.74) is 1.56. The number of carbonyl (C=O) groups is 1. The van der Waals surface area contributed by atoms with Gasteiger partial charge in [-0.15, -0.1) is 0 Å². The lowest BCUT2D eigenvalue weighted by atomic mass is 10.0. The van der Waals surface area contributed by atoms with E-state index >= 15 is 0 Å². The fourth-order valence-corrected chi connectivity index (χ4v) is 2.10. The van der Waals surface area contributed by atoms with Gasteiger partial charge in [0.2, 0.25) is 0 Å². The highest BCUT2D eigenvalue weighted by molar-refractivity contribution is 6.31. The van der Waals surface area contributed by atoms with Crippen molar-refractivity contribution in [2.45, 2.75) is 18.9 Å². The van der Waals surface area contributed by atoms with Crippen LogP contribution in [0.3, 0.4) is 0 Å². The van der Waals surface area contributed by atoms with E-state index in [0.29, 0.717) is 23.4 Å². The van der Waals surface area contributed by atoms with E-state index in [1.807, 2.05) is 30.3 Å². The van der Waals surface area contributed by atoms with E-state index in [1.165, 1.54) is 0 Å². The summed E-state index contributed by atoms with van der Waals surface area (Å²) in [6, 6.07) is 16.5. The molecule has 0 spiro atoms. The molecule has 0 amide bonds. The molecule has 0 fully saturated rings. The average Bonchev–Trinajstić information content (AvgIpc) is 2.45. The van der Waals surface area contributed by atoms with E-state index < -0.39 is 6.10 Å². The summed E-state index contributed by atoms with van der Waals surface area (Å²) < 4.78 is 0. The van der Waals surface area contributed by atoms with Crippen molar-refractivity contribution in [3.05, 3.63) is 70.7 Å². The van der Waals surface area contributed by atoms with Gasteiger partial charge in [-0.2, -0.15) is 0 Å². The van der Waals surface area contributed by atoms with Crippen LogP contribution in [0.2, 0.25) is 5.02 Å². The Kier molecular flexibility index (Phi) is 4.72. The Hall–Kier alpha value is -1.64. The van der Waals surface area contributed by atoms with Crippen molar-refractivity contribution in [2.75, 3.05) is 0 Å². The molecule has 0 heterocycles. The first kappa shape index (κ1) is 13.8. The maximum absolute atomic E-state index is 12.0. The third-order valence-electron chi connectivity index (χ3n) is 2.96. The van der Waals surface area contributed by atoms with Crippen molar-refractivity contribution in [1.29, 1.82) is 0 Å². The molecule has 0 bridgehead atoms. The Labute approximate surface area is 117 Å². The molecule has 19 heavy (non-hydrogen) atoms. The molecular weight excluding hydrogens is 260 g/mol. The standard InChI is InChI=1S/C16H15ClO2/c17-14-8-4-7-13(11-14)16(19)15(18)10-9-12-5-2-1-3-6-12/h1-8,11,15,18H,9-10H2. The number of hydrogen-bond donors (Lipinski definition) is 1. The largest absolute Gasteiger partial charge is 0.385 e. The summed E-state index contributed by atoms with van der Waals surface area (Å²) in [6.07, 6.45) is 0.0996. The van der Waals surface area contributed by atoms with Crippen molar-refractivity contribution in [3.63, 3.8) is 0 Å². The quantitative estimate of drug-likeness (QED) is 0.847. The van der Waals surface area contributed by atoms with Gasteiger partial charge in [-0.1, -0.05) is 54.1 Å². The van der Waals surface area contributed by atoms with Gasteiger partial charge < -0.3 is 5.11 Å². The minimum Gasteiger partial charge on any atom is -0.385 e. The van der Waals surface area contributed by atoms with Gasteiger partial charge in [-0.05, 0) is 30.5 Å². The molecule has 1 N–H and O–H groups in total. The maximum atomic E-state index is 12.0. The second-order valence-corrected chi connectivity index (χ2v) is 4.85. The maximum Gasteiger partial charge on any atom is 0.191 e. The van der Waals surface area contributed by atoms with Crippen LogP contribution in [0.25, 0.3) is 0 Å². The van der Waals surface area contributed by atoms with Gasteiger partial charge in [0.15, 0.2) is 5.78 Å². The molecule has 1 unspecified atom stereocenters. The minimum atomic E-state index is -0.987. The SMILES string of the molecule is O=C(c1cccc(Cl)c1)C(O)CCc1ccccc1. The third-order valence-corrected chi connectivity index (χ3v) is 3.20. The third kappa shape index (κ3) is 3.91. The minimum absolute atomic E-state index is 0.279.